The number of Topliss-reactive ketones (excluding diaryl/α,β-unsaturated/α-hetero) is 1. The summed E-state index contributed by atoms with van der Waals surface area (Å²) in [6, 6.07) is 8.38. The molecule has 23 heavy (non-hydrogen) atoms. The number of rotatable bonds is 5. The van der Waals surface area contributed by atoms with Crippen molar-refractivity contribution in [2.24, 2.45) is 0 Å². The van der Waals surface area contributed by atoms with Crippen LogP contribution in [0.4, 0.5) is 10.1 Å². The lowest BCUT2D eigenvalue weighted by Gasteiger charge is -2.07. The van der Waals surface area contributed by atoms with Crippen LogP contribution in [0.2, 0.25) is 0 Å². The first-order valence-corrected chi connectivity index (χ1v) is 6.27. The van der Waals surface area contributed by atoms with Crippen molar-refractivity contribution in [2.75, 3.05) is 7.11 Å². The molecule has 0 N–H and O–H groups in total. The normalized spacial score (nSPS) is 10.0. The van der Waals surface area contributed by atoms with Crippen molar-refractivity contribution in [3.05, 3.63) is 64.0 Å². The van der Waals surface area contributed by atoms with Crippen LogP contribution in [0.25, 0.3) is 0 Å². The highest BCUT2D eigenvalue weighted by atomic mass is 19.1. The SMILES string of the molecule is COC(=O)C(=O)c1cc(Oc2ccc(F)cc2)ccc1[N+](=O)[O-]. The molecular weight excluding hydrogens is 309 g/mol. The van der Waals surface area contributed by atoms with Crippen molar-refractivity contribution >= 4 is 17.4 Å². The minimum Gasteiger partial charge on any atom is -0.463 e. The predicted molar refractivity (Wildman–Crippen MR) is 75.9 cm³/mol. The lowest BCUT2D eigenvalue weighted by atomic mass is 10.1. The average Bonchev–Trinajstić information content (AvgIpc) is 2.55. The molecule has 0 aliphatic rings. The van der Waals surface area contributed by atoms with Gasteiger partial charge in [0.25, 0.3) is 11.5 Å². The molecule has 2 aromatic carbocycles. The molecule has 0 fully saturated rings. The van der Waals surface area contributed by atoms with Crippen molar-refractivity contribution in [2.45, 2.75) is 0 Å². The van der Waals surface area contributed by atoms with Gasteiger partial charge in [0.15, 0.2) is 0 Å². The molecule has 0 aromatic heterocycles. The zero-order valence-electron chi connectivity index (χ0n) is 11.8. The van der Waals surface area contributed by atoms with Crippen LogP contribution in [0.5, 0.6) is 11.5 Å². The molecule has 0 spiro atoms. The smallest absolute Gasteiger partial charge is 0.379 e. The zero-order valence-corrected chi connectivity index (χ0v) is 11.8. The molecule has 118 valence electrons. The van der Waals surface area contributed by atoms with Crippen LogP contribution in [0.1, 0.15) is 10.4 Å². The molecule has 0 saturated heterocycles. The number of ether oxygens (including phenoxy) is 2. The van der Waals surface area contributed by atoms with Crippen LogP contribution in [0, 0.1) is 15.9 Å². The second-order valence-corrected chi connectivity index (χ2v) is 4.31. The summed E-state index contributed by atoms with van der Waals surface area (Å²) in [5, 5.41) is 11.0. The van der Waals surface area contributed by atoms with Gasteiger partial charge in [-0.1, -0.05) is 0 Å². The van der Waals surface area contributed by atoms with E-state index in [0.29, 0.717) is 0 Å². The van der Waals surface area contributed by atoms with E-state index >= 15 is 0 Å². The Bertz CT molecular complexity index is 772. The van der Waals surface area contributed by atoms with E-state index in [-0.39, 0.29) is 11.5 Å². The number of methoxy groups -OCH3 is 1. The molecule has 0 heterocycles. The van der Waals surface area contributed by atoms with Crippen LogP contribution in [-0.2, 0) is 9.53 Å². The highest BCUT2D eigenvalue weighted by molar-refractivity contribution is 6.41. The lowest BCUT2D eigenvalue weighted by molar-refractivity contribution is -0.385. The molecule has 7 nitrogen and oxygen atoms in total. The fourth-order valence-corrected chi connectivity index (χ4v) is 1.76. The van der Waals surface area contributed by atoms with Crippen molar-refractivity contribution in [1.29, 1.82) is 0 Å². The van der Waals surface area contributed by atoms with E-state index in [1.165, 1.54) is 30.3 Å². The van der Waals surface area contributed by atoms with Gasteiger partial charge in [0.1, 0.15) is 22.9 Å². The minimum atomic E-state index is -1.23. The van der Waals surface area contributed by atoms with Crippen LogP contribution >= 0.6 is 0 Å². The van der Waals surface area contributed by atoms with Gasteiger partial charge in [-0.2, -0.15) is 0 Å². The number of carbonyl (C=O) groups excluding carboxylic acids is 2. The molecule has 0 atom stereocenters. The first-order valence-electron chi connectivity index (χ1n) is 6.27. The van der Waals surface area contributed by atoms with Crippen LogP contribution in [0.15, 0.2) is 42.5 Å². The monoisotopic (exact) mass is 319 g/mol. The number of nitro benzene ring substituents is 1. The van der Waals surface area contributed by atoms with Crippen molar-refractivity contribution in [3.8, 4) is 11.5 Å². The molecule has 2 rings (SSSR count). The standard InChI is InChI=1S/C15H10FNO6/c1-22-15(19)14(18)12-8-11(6-7-13(12)17(20)21)23-10-4-2-9(16)3-5-10/h2-8H,1H3. The summed E-state index contributed by atoms with van der Waals surface area (Å²) in [7, 11) is 0.991. The average molecular weight is 319 g/mol. The Balaban J connectivity index is 2.39. The third kappa shape index (κ3) is 3.67. The summed E-state index contributed by atoms with van der Waals surface area (Å²) >= 11 is 0. The molecule has 0 aliphatic carbocycles. The molecule has 0 amide bonds. The zero-order chi connectivity index (χ0) is 17.0. The number of nitro groups is 1. The first kappa shape index (κ1) is 16.1. The van der Waals surface area contributed by atoms with E-state index in [4.69, 9.17) is 4.74 Å². The van der Waals surface area contributed by atoms with Gasteiger partial charge < -0.3 is 9.47 Å². The lowest BCUT2D eigenvalue weighted by Crippen LogP contribution is -2.17. The topological polar surface area (TPSA) is 95.7 Å². The van der Waals surface area contributed by atoms with E-state index in [1.54, 1.807) is 0 Å². The first-order chi connectivity index (χ1) is 10.9. The van der Waals surface area contributed by atoms with Gasteiger partial charge >= 0.3 is 5.97 Å². The quantitative estimate of drug-likeness (QED) is 0.276. The van der Waals surface area contributed by atoms with Gasteiger partial charge in [-0.25, -0.2) is 9.18 Å². The molecule has 0 bridgehead atoms. The van der Waals surface area contributed by atoms with Crippen LogP contribution in [0.3, 0.4) is 0 Å². The Morgan fingerprint density at radius 2 is 1.70 bits per heavy atom. The molecule has 2 aromatic rings. The molecule has 0 saturated carbocycles. The summed E-state index contributed by atoms with van der Waals surface area (Å²) in [5.74, 6) is -2.51. The van der Waals surface area contributed by atoms with E-state index in [2.05, 4.69) is 4.74 Å². The number of carbonyl (C=O) groups is 2. The number of nitrogens with zero attached hydrogens (tertiary/aromatic N) is 1. The van der Waals surface area contributed by atoms with Gasteiger partial charge in [0.05, 0.1) is 12.0 Å². The maximum Gasteiger partial charge on any atom is 0.379 e. The summed E-state index contributed by atoms with van der Waals surface area (Å²) in [6.07, 6.45) is 0. The molecule has 0 radical (unpaired) electrons. The van der Waals surface area contributed by atoms with Gasteiger partial charge in [0, 0.05) is 6.07 Å². The third-order valence-electron chi connectivity index (χ3n) is 2.83. The van der Waals surface area contributed by atoms with E-state index in [9.17, 15) is 24.1 Å². The maximum atomic E-state index is 12.8. The number of esters is 1. The fourth-order valence-electron chi connectivity index (χ4n) is 1.76. The molecule has 0 aliphatic heterocycles. The number of hydrogen-bond acceptors (Lipinski definition) is 6. The predicted octanol–water partition coefficient (Wildman–Crippen LogP) is 2.88. The van der Waals surface area contributed by atoms with Crippen molar-refractivity contribution in [3.63, 3.8) is 0 Å². The maximum absolute atomic E-state index is 12.8. The van der Waals surface area contributed by atoms with Gasteiger partial charge in [-0.05, 0) is 36.4 Å². The summed E-state index contributed by atoms with van der Waals surface area (Å²) < 4.78 is 22.5. The Kier molecular flexibility index (Phi) is 4.65. The van der Waals surface area contributed by atoms with Gasteiger partial charge in [-0.3, -0.25) is 14.9 Å². The van der Waals surface area contributed by atoms with E-state index in [0.717, 1.165) is 19.2 Å². The Labute approximate surface area is 129 Å². The third-order valence-corrected chi connectivity index (χ3v) is 2.83. The van der Waals surface area contributed by atoms with E-state index in [1.807, 2.05) is 0 Å². The second kappa shape index (κ2) is 6.65. The second-order valence-electron chi connectivity index (χ2n) is 4.31. The van der Waals surface area contributed by atoms with Gasteiger partial charge in [-0.15, -0.1) is 0 Å². The largest absolute Gasteiger partial charge is 0.463 e. The summed E-state index contributed by atoms with van der Waals surface area (Å²) in [6.45, 7) is 0. The molecule has 8 heteroatoms. The van der Waals surface area contributed by atoms with Crippen LogP contribution in [-0.4, -0.2) is 23.8 Å². The number of halogens is 1. The van der Waals surface area contributed by atoms with E-state index < -0.39 is 33.7 Å². The molecule has 0 unspecified atom stereocenters. The Hall–Kier alpha value is -3.29. The number of hydrogen-bond donors (Lipinski definition) is 0. The number of benzene rings is 2. The fraction of sp³-hybridized carbons (Fsp3) is 0.0667. The number of ketones is 1. The van der Waals surface area contributed by atoms with Crippen LogP contribution < -0.4 is 4.74 Å². The highest BCUT2D eigenvalue weighted by Gasteiger charge is 2.27. The minimum absolute atomic E-state index is 0.0782. The van der Waals surface area contributed by atoms with Crippen molar-refractivity contribution in [1.82, 2.24) is 0 Å². The Morgan fingerprint density at radius 3 is 2.26 bits per heavy atom. The van der Waals surface area contributed by atoms with Gasteiger partial charge in [0.2, 0.25) is 0 Å². The molecular formula is C15H10FNO6. The summed E-state index contributed by atoms with van der Waals surface area (Å²) in [5.41, 5.74) is -1.01. The Morgan fingerprint density at radius 1 is 1.09 bits per heavy atom. The highest BCUT2D eigenvalue weighted by Crippen LogP contribution is 2.28. The summed E-state index contributed by atoms with van der Waals surface area (Å²) in [4.78, 5) is 33.4. The van der Waals surface area contributed by atoms with Crippen molar-refractivity contribution < 1.29 is 28.4 Å².